The Hall–Kier alpha value is -0.650. The number of hydrogen-bond acceptors (Lipinski definition) is 4. The van der Waals surface area contributed by atoms with Gasteiger partial charge in [-0.3, -0.25) is 4.79 Å². The van der Waals surface area contributed by atoms with Gasteiger partial charge in [0.15, 0.2) is 0 Å². The topological polar surface area (TPSA) is 61.8 Å². The van der Waals surface area contributed by atoms with E-state index in [0.717, 1.165) is 6.54 Å². The Morgan fingerprint density at radius 2 is 2.12 bits per heavy atom. The minimum atomic E-state index is -0.910. The molecule has 5 heteroatoms. The Morgan fingerprint density at radius 1 is 1.56 bits per heavy atom. The summed E-state index contributed by atoms with van der Waals surface area (Å²) in [6.07, 6.45) is 0.212. The maximum atomic E-state index is 11.0. The molecule has 0 aliphatic rings. The normalized spacial score (nSPS) is 15.4. The number of aliphatic carboxylic acids is 1. The van der Waals surface area contributed by atoms with Gasteiger partial charge in [0.2, 0.25) is 0 Å². The molecule has 1 unspecified atom stereocenters. The highest BCUT2D eigenvalue weighted by atomic mass is 16.5. The van der Waals surface area contributed by atoms with Crippen LogP contribution in [0.3, 0.4) is 0 Å². The maximum Gasteiger partial charge on any atom is 0.324 e. The molecule has 0 aromatic rings. The highest BCUT2D eigenvalue weighted by Crippen LogP contribution is 2.05. The summed E-state index contributed by atoms with van der Waals surface area (Å²) in [7, 11) is 3.55. The van der Waals surface area contributed by atoms with Crippen LogP contribution >= 0.6 is 0 Å². The lowest BCUT2D eigenvalue weighted by Gasteiger charge is -2.29. The molecule has 0 aromatic carbocycles. The van der Waals surface area contributed by atoms with Crippen LogP contribution in [0.15, 0.2) is 0 Å². The Bertz CT molecular complexity index is 221. The van der Waals surface area contributed by atoms with Gasteiger partial charge < -0.3 is 20.1 Å². The molecule has 2 N–H and O–H groups in total. The minimum Gasteiger partial charge on any atom is -0.480 e. The van der Waals surface area contributed by atoms with E-state index < -0.39 is 11.5 Å². The standard InChI is InChI=1S/C11H24N2O3/c1-9(2)16-7-6-13(5)8-11(3,12-4)10(14)15/h9,12H,6-8H2,1-5H3,(H,14,15). The molecule has 0 saturated carbocycles. The molecule has 5 nitrogen and oxygen atoms in total. The number of carboxylic acids is 1. The van der Waals surface area contributed by atoms with E-state index in [4.69, 9.17) is 9.84 Å². The van der Waals surface area contributed by atoms with Crippen molar-refractivity contribution >= 4 is 5.97 Å². The first kappa shape index (κ1) is 15.3. The van der Waals surface area contributed by atoms with Crippen molar-refractivity contribution < 1.29 is 14.6 Å². The summed E-state index contributed by atoms with van der Waals surface area (Å²) in [5, 5.41) is 11.9. The number of ether oxygens (including phenoxy) is 1. The average molecular weight is 232 g/mol. The summed E-state index contributed by atoms with van der Waals surface area (Å²) < 4.78 is 5.41. The van der Waals surface area contributed by atoms with E-state index in [9.17, 15) is 4.79 Å². The van der Waals surface area contributed by atoms with Gasteiger partial charge in [-0.2, -0.15) is 0 Å². The first-order chi connectivity index (χ1) is 7.31. The van der Waals surface area contributed by atoms with Crippen molar-refractivity contribution in [3.63, 3.8) is 0 Å². The SMILES string of the molecule is CNC(C)(CN(C)CCOC(C)C)C(=O)O. The van der Waals surface area contributed by atoms with Crippen LogP contribution in [0.25, 0.3) is 0 Å². The van der Waals surface area contributed by atoms with Gasteiger partial charge in [-0.25, -0.2) is 0 Å². The lowest BCUT2D eigenvalue weighted by atomic mass is 10.0. The van der Waals surface area contributed by atoms with E-state index in [1.165, 1.54) is 0 Å². The summed E-state index contributed by atoms with van der Waals surface area (Å²) in [6, 6.07) is 0. The van der Waals surface area contributed by atoms with Crippen LogP contribution in [0.5, 0.6) is 0 Å². The average Bonchev–Trinajstić information content (AvgIpc) is 2.16. The van der Waals surface area contributed by atoms with E-state index in [1.807, 2.05) is 25.8 Å². The van der Waals surface area contributed by atoms with Gasteiger partial charge in [0.1, 0.15) is 5.54 Å². The van der Waals surface area contributed by atoms with E-state index in [1.54, 1.807) is 14.0 Å². The van der Waals surface area contributed by atoms with Crippen LogP contribution < -0.4 is 5.32 Å². The van der Waals surface area contributed by atoms with E-state index >= 15 is 0 Å². The summed E-state index contributed by atoms with van der Waals surface area (Å²) in [5.41, 5.74) is -0.910. The number of nitrogens with one attached hydrogen (secondary N) is 1. The third kappa shape index (κ3) is 5.44. The predicted molar refractivity (Wildman–Crippen MR) is 63.7 cm³/mol. The van der Waals surface area contributed by atoms with E-state index in [-0.39, 0.29) is 6.10 Å². The number of likely N-dealkylation sites (N-methyl/N-ethyl adjacent to an activating group) is 2. The zero-order chi connectivity index (χ0) is 12.8. The summed E-state index contributed by atoms with van der Waals surface area (Å²) >= 11 is 0. The number of carboxylic acid groups (broad SMARTS) is 1. The number of hydrogen-bond donors (Lipinski definition) is 2. The molecule has 0 heterocycles. The van der Waals surface area contributed by atoms with Gasteiger partial charge in [0.25, 0.3) is 0 Å². The quantitative estimate of drug-likeness (QED) is 0.634. The number of nitrogens with zero attached hydrogens (tertiary/aromatic N) is 1. The summed E-state index contributed by atoms with van der Waals surface area (Å²) in [4.78, 5) is 13.0. The smallest absolute Gasteiger partial charge is 0.324 e. The first-order valence-electron chi connectivity index (χ1n) is 5.54. The van der Waals surface area contributed by atoms with Gasteiger partial charge in [-0.1, -0.05) is 0 Å². The highest BCUT2D eigenvalue weighted by Gasteiger charge is 2.32. The summed E-state index contributed by atoms with van der Waals surface area (Å²) in [5.74, 6) is -0.841. The van der Waals surface area contributed by atoms with Crippen LogP contribution in [-0.2, 0) is 9.53 Å². The fourth-order valence-corrected chi connectivity index (χ4v) is 1.32. The van der Waals surface area contributed by atoms with Gasteiger partial charge in [0, 0.05) is 13.1 Å². The Labute approximate surface area is 97.8 Å². The minimum absolute atomic E-state index is 0.212. The zero-order valence-electron chi connectivity index (χ0n) is 10.9. The van der Waals surface area contributed by atoms with Crippen molar-refractivity contribution in [1.29, 1.82) is 0 Å². The van der Waals surface area contributed by atoms with Crippen LogP contribution in [0.4, 0.5) is 0 Å². The van der Waals surface area contributed by atoms with Gasteiger partial charge in [0.05, 0.1) is 12.7 Å². The van der Waals surface area contributed by atoms with E-state index in [2.05, 4.69) is 5.32 Å². The second kappa shape index (κ2) is 6.83. The Kier molecular flexibility index (Phi) is 6.55. The second-order valence-electron chi connectivity index (χ2n) is 4.54. The molecule has 0 saturated heterocycles. The first-order valence-corrected chi connectivity index (χ1v) is 5.54. The zero-order valence-corrected chi connectivity index (χ0v) is 10.9. The number of rotatable bonds is 8. The van der Waals surface area contributed by atoms with Crippen molar-refractivity contribution in [2.75, 3.05) is 33.8 Å². The molecule has 0 bridgehead atoms. The highest BCUT2D eigenvalue weighted by molar-refractivity contribution is 5.78. The molecule has 0 rings (SSSR count). The molecule has 1 atom stereocenters. The second-order valence-corrected chi connectivity index (χ2v) is 4.54. The third-order valence-corrected chi connectivity index (χ3v) is 2.53. The van der Waals surface area contributed by atoms with Gasteiger partial charge in [-0.05, 0) is 34.9 Å². The van der Waals surface area contributed by atoms with Gasteiger partial charge in [-0.15, -0.1) is 0 Å². The molecule has 0 spiro atoms. The molecule has 0 amide bonds. The monoisotopic (exact) mass is 232 g/mol. The number of carbonyl (C=O) groups is 1. The lowest BCUT2D eigenvalue weighted by molar-refractivity contribution is -0.144. The molecule has 0 aromatic heterocycles. The van der Waals surface area contributed by atoms with Crippen molar-refractivity contribution in [2.45, 2.75) is 32.4 Å². The molecule has 0 fully saturated rings. The van der Waals surface area contributed by atoms with Crippen LogP contribution in [0.1, 0.15) is 20.8 Å². The molecule has 0 aliphatic carbocycles. The molecule has 0 aliphatic heterocycles. The van der Waals surface area contributed by atoms with Crippen LogP contribution in [0.2, 0.25) is 0 Å². The third-order valence-electron chi connectivity index (χ3n) is 2.53. The Balaban J connectivity index is 4.02. The van der Waals surface area contributed by atoms with Crippen LogP contribution in [-0.4, -0.2) is 61.4 Å². The molecule has 96 valence electrons. The van der Waals surface area contributed by atoms with Crippen molar-refractivity contribution in [1.82, 2.24) is 10.2 Å². The fraction of sp³-hybridized carbons (Fsp3) is 0.909. The van der Waals surface area contributed by atoms with Gasteiger partial charge >= 0.3 is 5.97 Å². The molecular weight excluding hydrogens is 208 g/mol. The maximum absolute atomic E-state index is 11.0. The fourth-order valence-electron chi connectivity index (χ4n) is 1.32. The summed E-state index contributed by atoms with van der Waals surface area (Å²) in [6.45, 7) is 7.43. The largest absolute Gasteiger partial charge is 0.480 e. The molecular formula is C11H24N2O3. The van der Waals surface area contributed by atoms with Crippen molar-refractivity contribution in [3.05, 3.63) is 0 Å². The molecule has 16 heavy (non-hydrogen) atoms. The van der Waals surface area contributed by atoms with E-state index in [0.29, 0.717) is 13.2 Å². The van der Waals surface area contributed by atoms with Crippen LogP contribution in [0, 0.1) is 0 Å². The predicted octanol–water partition coefficient (Wildman–Crippen LogP) is 0.406. The Morgan fingerprint density at radius 3 is 2.50 bits per heavy atom. The van der Waals surface area contributed by atoms with Crippen molar-refractivity contribution in [3.8, 4) is 0 Å². The molecule has 0 radical (unpaired) electrons. The lowest BCUT2D eigenvalue weighted by Crippen LogP contribution is -2.55. The van der Waals surface area contributed by atoms with Crippen molar-refractivity contribution in [2.24, 2.45) is 0 Å².